The van der Waals surface area contributed by atoms with Crippen LogP contribution < -0.4 is 0 Å². The molecule has 0 amide bonds. The summed E-state index contributed by atoms with van der Waals surface area (Å²) >= 11 is 0. The molecule has 0 saturated heterocycles. The lowest BCUT2D eigenvalue weighted by atomic mass is 9.84. The van der Waals surface area contributed by atoms with Crippen molar-refractivity contribution in [2.45, 2.75) is 51.4 Å². The van der Waals surface area contributed by atoms with Crippen molar-refractivity contribution in [1.29, 1.82) is 0 Å². The Morgan fingerprint density at radius 2 is 1.43 bits per heavy atom. The van der Waals surface area contributed by atoms with Gasteiger partial charge in [0.15, 0.2) is 0 Å². The highest BCUT2D eigenvalue weighted by Gasteiger charge is 2.35. The van der Waals surface area contributed by atoms with E-state index in [0.717, 1.165) is 44.9 Å². The smallest absolute Gasteiger partial charge is 0.313 e. The molecule has 28 heavy (non-hydrogen) atoms. The lowest BCUT2D eigenvalue weighted by molar-refractivity contribution is -0.158. The van der Waals surface area contributed by atoms with Crippen LogP contribution >= 0.6 is 0 Å². The average Bonchev–Trinajstić information content (AvgIpc) is 2.72. The number of ether oxygens (including phenoxy) is 2. The Bertz CT molecular complexity index is 571. The molecular formula is C24H34O4. The molecule has 0 aromatic rings. The zero-order chi connectivity index (χ0) is 20.5. The number of carbonyl (C=O) groups excluding carboxylic acids is 2. The van der Waals surface area contributed by atoms with Crippen LogP contribution in [-0.4, -0.2) is 25.2 Å². The summed E-state index contributed by atoms with van der Waals surface area (Å²) in [6.45, 7) is 7.84. The summed E-state index contributed by atoms with van der Waals surface area (Å²) in [5.41, 5.74) is 0. The van der Waals surface area contributed by atoms with Gasteiger partial charge in [-0.15, -0.1) is 13.2 Å². The second kappa shape index (κ2) is 15.7. The molecule has 2 atom stereocenters. The van der Waals surface area contributed by atoms with Crippen LogP contribution in [0.2, 0.25) is 0 Å². The molecule has 0 heterocycles. The first-order chi connectivity index (χ1) is 13.7. The number of unbranched alkanes of at least 4 members (excludes halogenated alkanes) is 4. The molecule has 0 fully saturated rings. The molecule has 154 valence electrons. The van der Waals surface area contributed by atoms with Crippen LogP contribution in [0, 0.1) is 11.8 Å². The van der Waals surface area contributed by atoms with E-state index in [4.69, 9.17) is 9.47 Å². The fourth-order valence-corrected chi connectivity index (χ4v) is 2.94. The molecule has 1 aliphatic rings. The number of carbonyl (C=O) groups is 2. The van der Waals surface area contributed by atoms with Gasteiger partial charge in [-0.05, 0) is 51.4 Å². The van der Waals surface area contributed by atoms with Crippen LogP contribution in [-0.2, 0) is 19.1 Å². The largest absolute Gasteiger partial charge is 0.461 e. The first-order valence-electron chi connectivity index (χ1n) is 10.2. The van der Waals surface area contributed by atoms with Crippen LogP contribution in [0.5, 0.6) is 0 Å². The van der Waals surface area contributed by atoms with Gasteiger partial charge in [0.05, 0.1) is 11.8 Å². The van der Waals surface area contributed by atoms with E-state index >= 15 is 0 Å². The summed E-state index contributed by atoms with van der Waals surface area (Å²) in [5, 5.41) is 0. The molecule has 4 nitrogen and oxygen atoms in total. The molecule has 1 aliphatic carbocycles. The minimum absolute atomic E-state index is 0.229. The van der Waals surface area contributed by atoms with Crippen molar-refractivity contribution in [3.05, 3.63) is 61.8 Å². The van der Waals surface area contributed by atoms with Crippen molar-refractivity contribution in [3.8, 4) is 0 Å². The Morgan fingerprint density at radius 1 is 0.857 bits per heavy atom. The summed E-state index contributed by atoms with van der Waals surface area (Å²) in [6, 6.07) is 0. The monoisotopic (exact) mass is 386 g/mol. The van der Waals surface area contributed by atoms with Gasteiger partial charge in [-0.25, -0.2) is 0 Å². The predicted octanol–water partition coefficient (Wildman–Crippen LogP) is 5.48. The lowest BCUT2D eigenvalue weighted by Crippen LogP contribution is -2.33. The van der Waals surface area contributed by atoms with E-state index in [1.54, 1.807) is 6.08 Å². The molecule has 4 heteroatoms. The number of esters is 2. The van der Waals surface area contributed by atoms with Gasteiger partial charge in [-0.1, -0.05) is 48.6 Å². The summed E-state index contributed by atoms with van der Waals surface area (Å²) in [6.07, 6.45) is 22.5. The van der Waals surface area contributed by atoms with E-state index in [1.165, 1.54) is 0 Å². The van der Waals surface area contributed by atoms with Gasteiger partial charge >= 0.3 is 11.9 Å². The molecule has 0 N–H and O–H groups in total. The Kier molecular flexibility index (Phi) is 13.3. The van der Waals surface area contributed by atoms with Crippen molar-refractivity contribution < 1.29 is 19.1 Å². The summed E-state index contributed by atoms with van der Waals surface area (Å²) in [7, 11) is 0. The van der Waals surface area contributed by atoms with E-state index < -0.39 is 11.8 Å². The molecule has 0 aromatic carbocycles. The van der Waals surface area contributed by atoms with Gasteiger partial charge in [0.1, 0.15) is 13.2 Å². The molecule has 0 bridgehead atoms. The van der Waals surface area contributed by atoms with E-state index in [9.17, 15) is 9.59 Å². The summed E-state index contributed by atoms with van der Waals surface area (Å²) < 4.78 is 10.7. The minimum Gasteiger partial charge on any atom is -0.461 e. The fraction of sp³-hybridized carbons (Fsp3) is 0.500. The van der Waals surface area contributed by atoms with Gasteiger partial charge in [0.2, 0.25) is 0 Å². The molecule has 0 spiro atoms. The van der Waals surface area contributed by atoms with Crippen molar-refractivity contribution in [2.75, 3.05) is 13.2 Å². The van der Waals surface area contributed by atoms with Crippen LogP contribution in [0.1, 0.15) is 51.4 Å². The SMILES string of the molecule is C=CCCC/C=C/COC(=O)C1C=CCCC1C(=O)OC/C=C/CCCC=C. The third-order valence-electron chi connectivity index (χ3n) is 4.53. The number of hydrogen-bond donors (Lipinski definition) is 0. The van der Waals surface area contributed by atoms with Crippen LogP contribution in [0.3, 0.4) is 0 Å². The topological polar surface area (TPSA) is 52.6 Å². The highest BCUT2D eigenvalue weighted by Crippen LogP contribution is 2.27. The highest BCUT2D eigenvalue weighted by molar-refractivity contribution is 5.84. The zero-order valence-electron chi connectivity index (χ0n) is 16.9. The van der Waals surface area contributed by atoms with E-state index in [0.29, 0.717) is 6.42 Å². The first kappa shape index (κ1) is 23.7. The zero-order valence-corrected chi connectivity index (χ0v) is 16.9. The van der Waals surface area contributed by atoms with Gasteiger partial charge < -0.3 is 9.47 Å². The maximum atomic E-state index is 12.4. The fourth-order valence-electron chi connectivity index (χ4n) is 2.94. The third-order valence-corrected chi connectivity index (χ3v) is 4.53. The lowest BCUT2D eigenvalue weighted by Gasteiger charge is -2.24. The van der Waals surface area contributed by atoms with Crippen molar-refractivity contribution in [3.63, 3.8) is 0 Å². The van der Waals surface area contributed by atoms with Gasteiger partial charge in [-0.2, -0.15) is 0 Å². The van der Waals surface area contributed by atoms with Crippen LogP contribution in [0.4, 0.5) is 0 Å². The van der Waals surface area contributed by atoms with Crippen molar-refractivity contribution >= 4 is 11.9 Å². The molecule has 0 saturated carbocycles. The second-order valence-electron chi connectivity index (χ2n) is 6.78. The van der Waals surface area contributed by atoms with E-state index in [2.05, 4.69) is 13.2 Å². The van der Waals surface area contributed by atoms with Crippen LogP contribution in [0.15, 0.2) is 61.8 Å². The van der Waals surface area contributed by atoms with Gasteiger partial charge in [0.25, 0.3) is 0 Å². The quantitative estimate of drug-likeness (QED) is 0.225. The minimum atomic E-state index is -0.563. The number of rotatable bonds is 14. The second-order valence-corrected chi connectivity index (χ2v) is 6.78. The molecule has 0 radical (unpaired) electrons. The average molecular weight is 387 g/mol. The molecule has 0 aromatic heterocycles. The van der Waals surface area contributed by atoms with Gasteiger partial charge in [-0.3, -0.25) is 9.59 Å². The van der Waals surface area contributed by atoms with Crippen LogP contribution in [0.25, 0.3) is 0 Å². The van der Waals surface area contributed by atoms with Crippen molar-refractivity contribution in [2.24, 2.45) is 11.8 Å². The molecule has 2 unspecified atom stereocenters. The standard InChI is InChI=1S/C24H34O4/c1-3-5-7-9-11-15-19-27-23(25)21-17-13-14-18-22(21)24(26)28-20-16-12-10-8-6-4-2/h3-4,11-13,15-17,21-22H,1-2,5-10,14,18-20H2/b15-11+,16-12+. The number of allylic oxidation sites excluding steroid dienone is 5. The Morgan fingerprint density at radius 3 is 2.00 bits per heavy atom. The summed E-state index contributed by atoms with van der Waals surface area (Å²) in [5.74, 6) is -1.73. The number of hydrogen-bond acceptors (Lipinski definition) is 4. The Labute approximate surface area is 169 Å². The summed E-state index contributed by atoms with van der Waals surface area (Å²) in [4.78, 5) is 24.8. The molecule has 1 rings (SSSR count). The van der Waals surface area contributed by atoms with E-state index in [1.807, 2.05) is 42.5 Å². The van der Waals surface area contributed by atoms with E-state index in [-0.39, 0.29) is 25.2 Å². The van der Waals surface area contributed by atoms with Gasteiger partial charge in [0, 0.05) is 0 Å². The van der Waals surface area contributed by atoms with Crippen molar-refractivity contribution in [1.82, 2.24) is 0 Å². The molecule has 0 aliphatic heterocycles. The third kappa shape index (κ3) is 10.1. The Hall–Kier alpha value is -2.36. The maximum Gasteiger partial charge on any atom is 0.313 e. The molecular weight excluding hydrogens is 352 g/mol. The normalized spacial score (nSPS) is 19.0. The Balaban J connectivity index is 2.38. The maximum absolute atomic E-state index is 12.4. The predicted molar refractivity (Wildman–Crippen MR) is 114 cm³/mol. The highest BCUT2D eigenvalue weighted by atomic mass is 16.5. The first-order valence-corrected chi connectivity index (χ1v) is 10.2.